The summed E-state index contributed by atoms with van der Waals surface area (Å²) in [5, 5.41) is 0. The molecule has 3 rings (SSSR count). The Morgan fingerprint density at radius 1 is 1.37 bits per heavy atom. The van der Waals surface area contributed by atoms with Crippen LogP contribution in [0, 0.1) is 0 Å². The van der Waals surface area contributed by atoms with Crippen LogP contribution in [0.3, 0.4) is 0 Å². The van der Waals surface area contributed by atoms with Crippen LogP contribution in [0.4, 0.5) is 5.82 Å². The fourth-order valence-electron chi connectivity index (χ4n) is 3.27. The number of rotatable bonds is 2. The Morgan fingerprint density at radius 2 is 2.16 bits per heavy atom. The lowest BCUT2D eigenvalue weighted by Crippen LogP contribution is -2.31. The van der Waals surface area contributed by atoms with Crippen molar-refractivity contribution in [3.8, 4) is 0 Å². The number of anilines is 1. The van der Waals surface area contributed by atoms with Gasteiger partial charge in [-0.05, 0) is 57.1 Å². The third kappa shape index (κ3) is 2.34. The van der Waals surface area contributed by atoms with E-state index in [9.17, 15) is 0 Å². The number of aromatic nitrogens is 1. The number of pyridine rings is 1. The smallest absolute Gasteiger partial charge is 0.139 e. The molecule has 102 valence electrons. The van der Waals surface area contributed by atoms with E-state index in [0.29, 0.717) is 11.0 Å². The van der Waals surface area contributed by atoms with Gasteiger partial charge in [-0.1, -0.05) is 12.2 Å². The Balaban J connectivity index is 2.08. The Hall–Kier alpha value is -1.16. The van der Waals surface area contributed by atoms with Crippen LogP contribution in [0.1, 0.15) is 49.4 Å². The molecule has 2 heterocycles. The molecule has 19 heavy (non-hydrogen) atoms. The van der Waals surface area contributed by atoms with Gasteiger partial charge in [-0.2, -0.15) is 0 Å². The molecule has 1 saturated heterocycles. The zero-order valence-corrected chi connectivity index (χ0v) is 12.3. The van der Waals surface area contributed by atoms with Crippen molar-refractivity contribution in [2.24, 2.45) is 5.73 Å². The molecule has 1 atom stereocenters. The largest absolute Gasteiger partial charge is 0.389 e. The normalized spacial score (nSPS) is 22.4. The molecule has 1 fully saturated rings. The number of hydrogen-bond donors (Lipinski definition) is 1. The lowest BCUT2D eigenvalue weighted by molar-refractivity contribution is 0.661. The van der Waals surface area contributed by atoms with Crippen molar-refractivity contribution >= 4 is 23.0 Å². The van der Waals surface area contributed by atoms with Gasteiger partial charge in [0.05, 0.1) is 5.56 Å². The maximum atomic E-state index is 5.93. The van der Waals surface area contributed by atoms with Gasteiger partial charge in [0, 0.05) is 18.3 Å². The fourth-order valence-corrected chi connectivity index (χ4v) is 3.42. The molecule has 3 nitrogen and oxygen atoms in total. The van der Waals surface area contributed by atoms with E-state index in [4.69, 9.17) is 22.9 Å². The molecule has 0 radical (unpaired) electrons. The highest BCUT2D eigenvalue weighted by Crippen LogP contribution is 2.31. The predicted octanol–water partition coefficient (Wildman–Crippen LogP) is 2.58. The summed E-state index contributed by atoms with van der Waals surface area (Å²) in [7, 11) is 0. The summed E-state index contributed by atoms with van der Waals surface area (Å²) in [4.78, 5) is 7.79. The van der Waals surface area contributed by atoms with Crippen LogP contribution in [-0.4, -0.2) is 22.6 Å². The molecule has 1 aliphatic carbocycles. The number of hydrogen-bond acceptors (Lipinski definition) is 3. The molecule has 2 aliphatic rings. The molecule has 1 aromatic heterocycles. The highest BCUT2D eigenvalue weighted by atomic mass is 32.1. The number of aryl methyl sites for hydroxylation is 2. The lowest BCUT2D eigenvalue weighted by atomic mass is 9.94. The molecule has 1 aliphatic heterocycles. The molecular formula is C15H21N3S. The Labute approximate surface area is 120 Å². The van der Waals surface area contributed by atoms with Gasteiger partial charge in [-0.3, -0.25) is 0 Å². The van der Waals surface area contributed by atoms with Crippen molar-refractivity contribution in [2.45, 2.75) is 51.5 Å². The van der Waals surface area contributed by atoms with Crippen molar-refractivity contribution in [1.82, 2.24) is 4.98 Å². The highest BCUT2D eigenvalue weighted by Gasteiger charge is 2.26. The second-order valence-electron chi connectivity index (χ2n) is 5.72. The summed E-state index contributed by atoms with van der Waals surface area (Å²) in [6.07, 6.45) is 7.19. The van der Waals surface area contributed by atoms with E-state index >= 15 is 0 Å². The van der Waals surface area contributed by atoms with Crippen LogP contribution in [-0.2, 0) is 12.8 Å². The topological polar surface area (TPSA) is 42.2 Å². The van der Waals surface area contributed by atoms with E-state index in [2.05, 4.69) is 17.9 Å². The summed E-state index contributed by atoms with van der Waals surface area (Å²) in [6.45, 7) is 3.33. The minimum absolute atomic E-state index is 0.481. The van der Waals surface area contributed by atoms with Crippen LogP contribution in [0.2, 0.25) is 0 Å². The molecular weight excluding hydrogens is 254 g/mol. The number of nitrogens with two attached hydrogens (primary N) is 1. The van der Waals surface area contributed by atoms with Crippen LogP contribution in [0.5, 0.6) is 0 Å². The molecule has 1 unspecified atom stereocenters. The van der Waals surface area contributed by atoms with Crippen molar-refractivity contribution in [1.29, 1.82) is 0 Å². The zero-order valence-electron chi connectivity index (χ0n) is 11.5. The molecule has 1 aromatic rings. The monoisotopic (exact) mass is 275 g/mol. The lowest BCUT2D eigenvalue weighted by Gasteiger charge is -2.27. The molecule has 0 amide bonds. The standard InChI is InChI=1S/C15H21N3S/c1-10-5-4-8-18(10)15-12(14(16)19)9-11-6-2-3-7-13(11)17-15/h9-10H,2-8H2,1H3,(H2,16,19). The molecule has 2 N–H and O–H groups in total. The van der Waals surface area contributed by atoms with Crippen molar-refractivity contribution in [2.75, 3.05) is 11.4 Å². The minimum Gasteiger partial charge on any atom is -0.389 e. The van der Waals surface area contributed by atoms with Crippen LogP contribution in [0.25, 0.3) is 0 Å². The van der Waals surface area contributed by atoms with Crippen LogP contribution >= 0.6 is 12.2 Å². The number of thiocarbonyl (C=S) groups is 1. The highest BCUT2D eigenvalue weighted by molar-refractivity contribution is 7.80. The van der Waals surface area contributed by atoms with Gasteiger partial charge in [0.25, 0.3) is 0 Å². The van der Waals surface area contributed by atoms with Crippen LogP contribution < -0.4 is 10.6 Å². The first-order valence-corrected chi connectivity index (χ1v) is 7.67. The second-order valence-corrected chi connectivity index (χ2v) is 6.16. The SMILES string of the molecule is CC1CCCN1c1nc2c(cc1C(N)=S)CCCC2. The first-order chi connectivity index (χ1) is 9.16. The van der Waals surface area contributed by atoms with Gasteiger partial charge >= 0.3 is 0 Å². The van der Waals surface area contributed by atoms with E-state index in [1.165, 1.54) is 36.9 Å². The first kappa shape index (κ1) is 12.9. The second kappa shape index (κ2) is 5.08. The summed E-state index contributed by atoms with van der Waals surface area (Å²) >= 11 is 5.24. The Kier molecular flexibility index (Phi) is 3.44. The summed E-state index contributed by atoms with van der Waals surface area (Å²) in [5.74, 6) is 1.03. The van der Waals surface area contributed by atoms with Gasteiger partial charge < -0.3 is 10.6 Å². The predicted molar refractivity (Wildman–Crippen MR) is 82.8 cm³/mol. The van der Waals surface area contributed by atoms with Gasteiger partial charge in [0.2, 0.25) is 0 Å². The fraction of sp³-hybridized carbons (Fsp3) is 0.600. The average molecular weight is 275 g/mol. The van der Waals surface area contributed by atoms with Gasteiger partial charge in [0.15, 0.2) is 0 Å². The molecule has 4 heteroatoms. The third-order valence-corrected chi connectivity index (χ3v) is 4.59. The quantitative estimate of drug-likeness (QED) is 0.842. The number of fused-ring (bicyclic) bond motifs is 1. The molecule has 0 saturated carbocycles. The van der Waals surface area contributed by atoms with Crippen LogP contribution in [0.15, 0.2) is 6.07 Å². The number of nitrogens with zero attached hydrogens (tertiary/aromatic N) is 2. The van der Waals surface area contributed by atoms with Crippen molar-refractivity contribution < 1.29 is 0 Å². The maximum absolute atomic E-state index is 5.93. The molecule has 0 bridgehead atoms. The van der Waals surface area contributed by atoms with Crippen molar-refractivity contribution in [3.63, 3.8) is 0 Å². The first-order valence-electron chi connectivity index (χ1n) is 7.26. The van der Waals surface area contributed by atoms with E-state index < -0.39 is 0 Å². The van der Waals surface area contributed by atoms with E-state index in [1.54, 1.807) is 0 Å². The van der Waals surface area contributed by atoms with Gasteiger partial charge in [-0.25, -0.2) is 4.98 Å². The minimum atomic E-state index is 0.481. The van der Waals surface area contributed by atoms with E-state index in [-0.39, 0.29) is 0 Å². The zero-order chi connectivity index (χ0) is 13.4. The van der Waals surface area contributed by atoms with Gasteiger partial charge in [-0.15, -0.1) is 0 Å². The molecule has 0 spiro atoms. The van der Waals surface area contributed by atoms with Crippen molar-refractivity contribution in [3.05, 3.63) is 22.9 Å². The summed E-state index contributed by atoms with van der Waals surface area (Å²) in [5.41, 5.74) is 9.52. The maximum Gasteiger partial charge on any atom is 0.139 e. The van der Waals surface area contributed by atoms with E-state index in [1.807, 2.05) is 0 Å². The third-order valence-electron chi connectivity index (χ3n) is 4.37. The average Bonchev–Trinajstić information content (AvgIpc) is 2.83. The summed E-state index contributed by atoms with van der Waals surface area (Å²) in [6, 6.07) is 2.74. The Morgan fingerprint density at radius 3 is 2.84 bits per heavy atom. The summed E-state index contributed by atoms with van der Waals surface area (Å²) < 4.78 is 0. The van der Waals surface area contributed by atoms with Gasteiger partial charge in [0.1, 0.15) is 10.8 Å². The Bertz CT molecular complexity index is 512. The molecule has 0 aromatic carbocycles. The van der Waals surface area contributed by atoms with E-state index in [0.717, 1.165) is 30.8 Å².